The van der Waals surface area contributed by atoms with Crippen molar-refractivity contribution in [2.24, 2.45) is 11.8 Å². The van der Waals surface area contributed by atoms with Gasteiger partial charge in [0, 0.05) is 18.0 Å². The summed E-state index contributed by atoms with van der Waals surface area (Å²) in [5.41, 5.74) is 1.01. The summed E-state index contributed by atoms with van der Waals surface area (Å²) in [5.74, 6) is 3.28. The van der Waals surface area contributed by atoms with Gasteiger partial charge in [-0.05, 0) is 56.0 Å². The number of nitrogens with zero attached hydrogens (tertiary/aromatic N) is 2. The summed E-state index contributed by atoms with van der Waals surface area (Å²) in [7, 11) is 0. The number of aromatic nitrogens is 2. The van der Waals surface area contributed by atoms with Gasteiger partial charge in [0.05, 0.1) is 6.10 Å². The Kier molecular flexibility index (Phi) is 3.31. The molecule has 1 aromatic carbocycles. The summed E-state index contributed by atoms with van der Waals surface area (Å²) in [4.78, 5) is 8.59. The Morgan fingerprint density at radius 3 is 2.52 bits per heavy atom. The summed E-state index contributed by atoms with van der Waals surface area (Å²) in [6, 6.07) is 9.93. The number of ether oxygens (including phenoxy) is 1. The van der Waals surface area contributed by atoms with Crippen molar-refractivity contribution >= 4 is 0 Å². The van der Waals surface area contributed by atoms with Crippen LogP contribution in [0.2, 0.25) is 0 Å². The molecule has 2 aromatic rings. The minimum atomic E-state index is 0.356. The molecule has 0 radical (unpaired) electrons. The van der Waals surface area contributed by atoms with Gasteiger partial charge in [0.1, 0.15) is 5.75 Å². The molecule has 0 spiro atoms. The molecule has 0 unspecified atom stereocenters. The van der Waals surface area contributed by atoms with E-state index in [0.29, 0.717) is 6.10 Å². The monoisotopic (exact) mass is 281 g/mol. The number of hydrogen-bond acceptors (Lipinski definition) is 4. The predicted molar refractivity (Wildman–Crippen MR) is 81.0 cm³/mol. The van der Waals surface area contributed by atoms with Gasteiger partial charge in [0.2, 0.25) is 0 Å². The molecule has 1 N–H and O–H groups in total. The van der Waals surface area contributed by atoms with Gasteiger partial charge in [-0.25, -0.2) is 9.97 Å². The van der Waals surface area contributed by atoms with E-state index in [1.165, 1.54) is 12.8 Å². The van der Waals surface area contributed by atoms with E-state index >= 15 is 0 Å². The molecular weight excluding hydrogens is 262 g/mol. The third-order valence-corrected chi connectivity index (χ3v) is 4.57. The van der Waals surface area contributed by atoms with Crippen LogP contribution in [0.1, 0.15) is 12.8 Å². The highest BCUT2D eigenvalue weighted by atomic mass is 16.5. The molecule has 1 saturated heterocycles. The first-order valence-corrected chi connectivity index (χ1v) is 7.63. The molecule has 2 fully saturated rings. The zero-order valence-corrected chi connectivity index (χ0v) is 11.9. The summed E-state index contributed by atoms with van der Waals surface area (Å²) in [6.07, 6.45) is 6.23. The van der Waals surface area contributed by atoms with Crippen molar-refractivity contribution in [3.8, 4) is 17.1 Å². The normalized spacial score (nSPS) is 25.0. The molecule has 4 rings (SSSR count). The molecule has 4 nitrogen and oxygen atoms in total. The van der Waals surface area contributed by atoms with Crippen LogP contribution < -0.4 is 10.1 Å². The van der Waals surface area contributed by atoms with Crippen molar-refractivity contribution in [3.05, 3.63) is 42.7 Å². The zero-order valence-electron chi connectivity index (χ0n) is 11.9. The van der Waals surface area contributed by atoms with Crippen LogP contribution in [0.3, 0.4) is 0 Å². The maximum absolute atomic E-state index is 6.19. The molecule has 0 bridgehead atoms. The average molecular weight is 281 g/mol. The van der Waals surface area contributed by atoms with E-state index in [1.54, 1.807) is 12.4 Å². The quantitative estimate of drug-likeness (QED) is 0.939. The number of benzene rings is 1. The van der Waals surface area contributed by atoms with Crippen molar-refractivity contribution < 1.29 is 4.74 Å². The van der Waals surface area contributed by atoms with Crippen molar-refractivity contribution in [2.45, 2.75) is 18.9 Å². The first-order valence-electron chi connectivity index (χ1n) is 7.63. The fourth-order valence-electron chi connectivity index (χ4n) is 3.56. The lowest BCUT2D eigenvalue weighted by Gasteiger charge is -2.15. The van der Waals surface area contributed by atoms with Gasteiger partial charge in [-0.1, -0.05) is 12.1 Å². The SMILES string of the molecule is c1cnc(-c2cccc(OC3C[C@@H]4CNC[C@H]4C3)c2)nc1. The molecule has 0 amide bonds. The Bertz CT molecular complexity index is 604. The standard InChI is InChI=1S/C17H19N3O/c1-3-12(17-19-5-2-6-20-17)7-15(4-1)21-16-8-13-10-18-11-14(13)9-16/h1-7,13-14,16,18H,8-11H2/t13-,14-/m1/s1. The molecule has 2 atom stereocenters. The minimum absolute atomic E-state index is 0.356. The minimum Gasteiger partial charge on any atom is -0.490 e. The van der Waals surface area contributed by atoms with Crippen molar-refractivity contribution in [3.63, 3.8) is 0 Å². The average Bonchev–Trinajstić information content (AvgIpc) is 3.10. The molecule has 1 aliphatic carbocycles. The largest absolute Gasteiger partial charge is 0.490 e. The predicted octanol–water partition coefficient (Wildman–Crippen LogP) is 2.52. The van der Waals surface area contributed by atoms with E-state index in [0.717, 1.165) is 42.1 Å². The Morgan fingerprint density at radius 1 is 1.00 bits per heavy atom. The molecule has 2 aliphatic rings. The third kappa shape index (κ3) is 2.63. The van der Waals surface area contributed by atoms with E-state index in [1.807, 2.05) is 30.3 Å². The Hall–Kier alpha value is -1.94. The summed E-state index contributed by atoms with van der Waals surface area (Å²) < 4.78 is 6.19. The van der Waals surface area contributed by atoms with Crippen LogP contribution in [0.15, 0.2) is 42.7 Å². The van der Waals surface area contributed by atoms with Crippen molar-refractivity contribution in [1.29, 1.82) is 0 Å². The van der Waals surface area contributed by atoms with E-state index in [-0.39, 0.29) is 0 Å². The maximum Gasteiger partial charge on any atom is 0.159 e. The second-order valence-corrected chi connectivity index (χ2v) is 5.99. The number of nitrogens with one attached hydrogen (secondary N) is 1. The second-order valence-electron chi connectivity index (χ2n) is 5.99. The van der Waals surface area contributed by atoms with E-state index in [9.17, 15) is 0 Å². The molecular formula is C17H19N3O. The summed E-state index contributed by atoms with van der Waals surface area (Å²) >= 11 is 0. The highest BCUT2D eigenvalue weighted by Gasteiger charge is 2.38. The van der Waals surface area contributed by atoms with E-state index < -0.39 is 0 Å². The van der Waals surface area contributed by atoms with Gasteiger partial charge >= 0.3 is 0 Å². The van der Waals surface area contributed by atoms with Crippen molar-refractivity contribution in [2.75, 3.05) is 13.1 Å². The fraction of sp³-hybridized carbons (Fsp3) is 0.412. The Labute approximate surface area is 124 Å². The molecule has 4 heteroatoms. The van der Waals surface area contributed by atoms with Crippen LogP contribution in [0.5, 0.6) is 5.75 Å². The second kappa shape index (κ2) is 5.45. The van der Waals surface area contributed by atoms with Crippen LogP contribution in [-0.2, 0) is 0 Å². The molecule has 1 aliphatic heterocycles. The highest BCUT2D eigenvalue weighted by molar-refractivity contribution is 5.56. The van der Waals surface area contributed by atoms with E-state index in [2.05, 4.69) is 15.3 Å². The van der Waals surface area contributed by atoms with Gasteiger partial charge in [0.25, 0.3) is 0 Å². The summed E-state index contributed by atoms with van der Waals surface area (Å²) in [6.45, 7) is 2.31. The number of fused-ring (bicyclic) bond motifs is 1. The smallest absolute Gasteiger partial charge is 0.159 e. The first kappa shape index (κ1) is 12.8. The number of rotatable bonds is 3. The molecule has 108 valence electrons. The topological polar surface area (TPSA) is 47.0 Å². The van der Waals surface area contributed by atoms with Gasteiger partial charge in [0.15, 0.2) is 5.82 Å². The lowest BCUT2D eigenvalue weighted by Crippen LogP contribution is -2.18. The van der Waals surface area contributed by atoms with E-state index in [4.69, 9.17) is 4.74 Å². The van der Waals surface area contributed by atoms with Crippen LogP contribution >= 0.6 is 0 Å². The summed E-state index contributed by atoms with van der Waals surface area (Å²) in [5, 5.41) is 3.47. The lowest BCUT2D eigenvalue weighted by molar-refractivity contribution is 0.199. The van der Waals surface area contributed by atoms with Crippen LogP contribution in [-0.4, -0.2) is 29.2 Å². The number of hydrogen-bond donors (Lipinski definition) is 1. The third-order valence-electron chi connectivity index (χ3n) is 4.57. The van der Waals surface area contributed by atoms with Crippen LogP contribution in [0.25, 0.3) is 11.4 Å². The highest BCUT2D eigenvalue weighted by Crippen LogP contribution is 2.36. The lowest BCUT2D eigenvalue weighted by atomic mass is 10.0. The molecule has 2 heterocycles. The Morgan fingerprint density at radius 2 is 1.76 bits per heavy atom. The van der Waals surface area contributed by atoms with Gasteiger partial charge < -0.3 is 10.1 Å². The molecule has 1 saturated carbocycles. The van der Waals surface area contributed by atoms with Gasteiger partial charge in [-0.2, -0.15) is 0 Å². The van der Waals surface area contributed by atoms with Gasteiger partial charge in [-0.3, -0.25) is 0 Å². The Balaban J connectivity index is 1.49. The van der Waals surface area contributed by atoms with Gasteiger partial charge in [-0.15, -0.1) is 0 Å². The first-order chi connectivity index (χ1) is 10.4. The van der Waals surface area contributed by atoms with Crippen molar-refractivity contribution in [1.82, 2.24) is 15.3 Å². The fourth-order valence-corrected chi connectivity index (χ4v) is 3.56. The van der Waals surface area contributed by atoms with Crippen LogP contribution in [0, 0.1) is 11.8 Å². The zero-order chi connectivity index (χ0) is 14.1. The maximum atomic E-state index is 6.19. The van der Waals surface area contributed by atoms with Crippen LogP contribution in [0.4, 0.5) is 0 Å². The molecule has 1 aromatic heterocycles. The molecule has 21 heavy (non-hydrogen) atoms.